The van der Waals surface area contributed by atoms with E-state index < -0.39 is 5.97 Å². The van der Waals surface area contributed by atoms with Gasteiger partial charge in [-0.15, -0.1) is 0 Å². The number of esters is 1. The van der Waals surface area contributed by atoms with Gasteiger partial charge < -0.3 is 19.4 Å². The summed E-state index contributed by atoms with van der Waals surface area (Å²) in [4.78, 5) is 40.5. The van der Waals surface area contributed by atoms with E-state index >= 15 is 0 Å². The second kappa shape index (κ2) is 8.91. The van der Waals surface area contributed by atoms with Crippen LogP contribution in [0.15, 0.2) is 22.7 Å². The predicted molar refractivity (Wildman–Crippen MR) is 104 cm³/mol. The van der Waals surface area contributed by atoms with Gasteiger partial charge >= 0.3 is 5.97 Å². The fourth-order valence-electron chi connectivity index (χ4n) is 3.13. The fraction of sp³-hybridized carbons (Fsp3) is 0.474. The summed E-state index contributed by atoms with van der Waals surface area (Å²) in [6.45, 7) is 6.03. The van der Waals surface area contributed by atoms with E-state index in [0.29, 0.717) is 43.5 Å². The van der Waals surface area contributed by atoms with Crippen LogP contribution in [-0.2, 0) is 16.6 Å². The maximum Gasteiger partial charge on any atom is 0.343 e. The third-order valence-electron chi connectivity index (χ3n) is 4.67. The molecule has 1 aliphatic rings. The topological polar surface area (TPSA) is 110 Å². The van der Waals surface area contributed by atoms with Gasteiger partial charge in [-0.05, 0) is 26.0 Å². The van der Waals surface area contributed by atoms with Gasteiger partial charge in [0.2, 0.25) is 5.91 Å². The summed E-state index contributed by atoms with van der Waals surface area (Å²) in [6.07, 6.45) is 1.37. The zero-order chi connectivity index (χ0) is 21.0. The zero-order valence-electron chi connectivity index (χ0n) is 16.8. The first-order chi connectivity index (χ1) is 13.9. The summed E-state index contributed by atoms with van der Waals surface area (Å²) in [5, 5.41) is 6.75. The highest BCUT2D eigenvalue weighted by Crippen LogP contribution is 2.16. The molecule has 10 nitrogen and oxygen atoms in total. The van der Waals surface area contributed by atoms with Crippen molar-refractivity contribution in [2.24, 2.45) is 7.05 Å². The predicted octanol–water partition coefficient (Wildman–Crippen LogP) is 0.895. The standard InChI is InChI=1S/C19H25N5O5/c1-4-28-19(27)14-11-20-22(3)17(14)21-16(25)12-23-7-9-24(10-8-23)18(26)15-6-5-13(2)29-15/h5-6,11H,4,7-10,12H2,1-3H3,(H,21,25). The Hall–Kier alpha value is -3.14. The zero-order valence-corrected chi connectivity index (χ0v) is 16.8. The summed E-state index contributed by atoms with van der Waals surface area (Å²) in [7, 11) is 1.64. The summed E-state index contributed by atoms with van der Waals surface area (Å²) >= 11 is 0. The lowest BCUT2D eigenvalue weighted by atomic mass is 10.2. The lowest BCUT2D eigenvalue weighted by Crippen LogP contribution is -2.50. The van der Waals surface area contributed by atoms with E-state index in [1.807, 2.05) is 4.90 Å². The Balaban J connectivity index is 1.52. The number of ether oxygens (including phenoxy) is 1. The molecular weight excluding hydrogens is 378 g/mol. The quantitative estimate of drug-likeness (QED) is 0.714. The molecule has 29 heavy (non-hydrogen) atoms. The monoisotopic (exact) mass is 403 g/mol. The van der Waals surface area contributed by atoms with Crippen molar-refractivity contribution in [3.8, 4) is 0 Å². The molecule has 2 amide bonds. The number of amides is 2. The molecule has 0 bridgehead atoms. The van der Waals surface area contributed by atoms with Crippen LogP contribution in [-0.4, -0.2) is 76.7 Å². The highest BCUT2D eigenvalue weighted by Gasteiger charge is 2.26. The molecule has 1 aliphatic heterocycles. The van der Waals surface area contributed by atoms with Gasteiger partial charge in [-0.1, -0.05) is 0 Å². The third kappa shape index (κ3) is 4.83. The number of anilines is 1. The van der Waals surface area contributed by atoms with Gasteiger partial charge in [-0.2, -0.15) is 5.10 Å². The highest BCUT2D eigenvalue weighted by atomic mass is 16.5. The average molecular weight is 403 g/mol. The first kappa shape index (κ1) is 20.6. The molecular formula is C19H25N5O5. The van der Waals surface area contributed by atoms with E-state index in [0.717, 1.165) is 0 Å². The first-order valence-electron chi connectivity index (χ1n) is 9.46. The minimum atomic E-state index is -0.531. The van der Waals surface area contributed by atoms with Crippen molar-refractivity contribution < 1.29 is 23.5 Å². The van der Waals surface area contributed by atoms with Crippen molar-refractivity contribution >= 4 is 23.6 Å². The van der Waals surface area contributed by atoms with Gasteiger partial charge in [-0.3, -0.25) is 19.2 Å². The van der Waals surface area contributed by atoms with Gasteiger partial charge in [0.15, 0.2) is 5.76 Å². The molecule has 10 heteroatoms. The van der Waals surface area contributed by atoms with Crippen LogP contribution in [0.1, 0.15) is 33.6 Å². The van der Waals surface area contributed by atoms with E-state index in [1.54, 1.807) is 37.9 Å². The molecule has 2 aromatic rings. The number of carbonyl (C=O) groups excluding carboxylic acids is 3. The highest BCUT2D eigenvalue weighted by molar-refractivity contribution is 6.00. The molecule has 3 heterocycles. The third-order valence-corrected chi connectivity index (χ3v) is 4.67. The number of nitrogens with one attached hydrogen (secondary N) is 1. The summed E-state index contributed by atoms with van der Waals surface area (Å²) < 4.78 is 11.8. The smallest absolute Gasteiger partial charge is 0.343 e. The molecule has 0 saturated carbocycles. The van der Waals surface area contributed by atoms with Gasteiger partial charge in [0, 0.05) is 33.2 Å². The molecule has 156 valence electrons. The summed E-state index contributed by atoms with van der Waals surface area (Å²) in [6, 6.07) is 3.43. The van der Waals surface area contributed by atoms with Crippen LogP contribution < -0.4 is 5.32 Å². The van der Waals surface area contributed by atoms with Crippen LogP contribution in [0, 0.1) is 6.92 Å². The van der Waals surface area contributed by atoms with Gasteiger partial charge in [0.05, 0.1) is 19.3 Å². The van der Waals surface area contributed by atoms with E-state index in [4.69, 9.17) is 9.15 Å². The average Bonchev–Trinajstić information content (AvgIpc) is 3.28. The number of hydrogen-bond donors (Lipinski definition) is 1. The molecule has 1 saturated heterocycles. The Bertz CT molecular complexity index is 895. The molecule has 0 aromatic carbocycles. The molecule has 0 unspecified atom stereocenters. The Morgan fingerprint density at radius 1 is 1.21 bits per heavy atom. The number of aryl methyl sites for hydroxylation is 2. The van der Waals surface area contributed by atoms with E-state index in [1.165, 1.54) is 10.9 Å². The first-order valence-corrected chi connectivity index (χ1v) is 9.46. The number of nitrogens with zero attached hydrogens (tertiary/aromatic N) is 4. The van der Waals surface area contributed by atoms with Gasteiger partial charge in [0.25, 0.3) is 5.91 Å². The molecule has 1 fully saturated rings. The number of rotatable bonds is 6. The van der Waals surface area contributed by atoms with E-state index in [9.17, 15) is 14.4 Å². The SMILES string of the molecule is CCOC(=O)c1cnn(C)c1NC(=O)CN1CCN(C(=O)c2ccc(C)o2)CC1. The van der Waals surface area contributed by atoms with Crippen molar-refractivity contribution in [2.45, 2.75) is 13.8 Å². The van der Waals surface area contributed by atoms with Crippen LogP contribution in [0.5, 0.6) is 0 Å². The van der Waals surface area contributed by atoms with Crippen molar-refractivity contribution in [3.63, 3.8) is 0 Å². The lowest BCUT2D eigenvalue weighted by Gasteiger charge is -2.33. The molecule has 3 rings (SSSR count). The molecule has 0 aliphatic carbocycles. The van der Waals surface area contributed by atoms with E-state index in [-0.39, 0.29) is 30.5 Å². The van der Waals surface area contributed by atoms with Crippen molar-refractivity contribution in [1.82, 2.24) is 19.6 Å². The number of hydrogen-bond acceptors (Lipinski definition) is 7. The van der Waals surface area contributed by atoms with Gasteiger partial charge in [0.1, 0.15) is 17.1 Å². The van der Waals surface area contributed by atoms with Crippen molar-refractivity contribution in [3.05, 3.63) is 35.4 Å². The maximum atomic E-state index is 12.5. The van der Waals surface area contributed by atoms with Crippen LogP contribution in [0.3, 0.4) is 0 Å². The Kier molecular flexibility index (Phi) is 6.32. The lowest BCUT2D eigenvalue weighted by molar-refractivity contribution is -0.117. The largest absolute Gasteiger partial charge is 0.462 e. The Morgan fingerprint density at radius 3 is 2.55 bits per heavy atom. The maximum absolute atomic E-state index is 12.5. The fourth-order valence-corrected chi connectivity index (χ4v) is 3.13. The number of aromatic nitrogens is 2. The molecule has 0 radical (unpaired) electrons. The Labute approximate surface area is 168 Å². The normalized spacial score (nSPS) is 14.7. The van der Waals surface area contributed by atoms with Crippen LogP contribution >= 0.6 is 0 Å². The molecule has 0 spiro atoms. The number of furan rings is 1. The van der Waals surface area contributed by atoms with Crippen LogP contribution in [0.2, 0.25) is 0 Å². The second-order valence-corrected chi connectivity index (χ2v) is 6.78. The molecule has 1 N–H and O–H groups in total. The van der Waals surface area contributed by atoms with Crippen LogP contribution in [0.25, 0.3) is 0 Å². The Morgan fingerprint density at radius 2 is 1.93 bits per heavy atom. The van der Waals surface area contributed by atoms with Crippen molar-refractivity contribution in [2.75, 3.05) is 44.6 Å². The summed E-state index contributed by atoms with van der Waals surface area (Å²) in [5.74, 6) is 0.390. The minimum Gasteiger partial charge on any atom is -0.462 e. The van der Waals surface area contributed by atoms with E-state index in [2.05, 4.69) is 10.4 Å². The second-order valence-electron chi connectivity index (χ2n) is 6.78. The number of piperazine rings is 1. The summed E-state index contributed by atoms with van der Waals surface area (Å²) in [5.41, 5.74) is 0.215. The van der Waals surface area contributed by atoms with Crippen LogP contribution in [0.4, 0.5) is 5.82 Å². The van der Waals surface area contributed by atoms with Gasteiger partial charge in [-0.25, -0.2) is 4.79 Å². The minimum absolute atomic E-state index is 0.142. The number of carbonyl (C=O) groups is 3. The molecule has 2 aromatic heterocycles. The van der Waals surface area contributed by atoms with Crippen molar-refractivity contribution in [1.29, 1.82) is 0 Å². The molecule has 0 atom stereocenters.